The summed E-state index contributed by atoms with van der Waals surface area (Å²) in [5.74, 6) is 2.38. The molecule has 1 aliphatic carbocycles. The molecule has 4 rings (SSSR count). The number of hydrazine groups is 1. The lowest BCUT2D eigenvalue weighted by Crippen LogP contribution is -2.38. The van der Waals surface area contributed by atoms with Crippen LogP contribution in [0.15, 0.2) is 66.4 Å². The van der Waals surface area contributed by atoms with Crippen molar-refractivity contribution in [2.24, 2.45) is 0 Å². The summed E-state index contributed by atoms with van der Waals surface area (Å²) in [5, 5.41) is 2.34. The van der Waals surface area contributed by atoms with Crippen molar-refractivity contribution in [2.75, 3.05) is 13.7 Å². The molecule has 1 atom stereocenters. The molecule has 4 nitrogen and oxygen atoms in total. The highest BCUT2D eigenvalue weighted by atomic mass is 35.5. The van der Waals surface area contributed by atoms with Gasteiger partial charge in [-0.15, -0.1) is 0 Å². The Hall–Kier alpha value is -2.37. The predicted molar refractivity (Wildman–Crippen MR) is 112 cm³/mol. The summed E-state index contributed by atoms with van der Waals surface area (Å²) in [6.07, 6.45) is 4.54. The molecule has 1 heterocycles. The molecule has 0 radical (unpaired) electrons. The van der Waals surface area contributed by atoms with Gasteiger partial charge >= 0.3 is 0 Å². The van der Waals surface area contributed by atoms with Crippen LogP contribution in [-0.2, 0) is 4.74 Å². The molecule has 1 aliphatic heterocycles. The lowest BCUT2D eigenvalue weighted by Gasteiger charge is -2.29. The maximum absolute atomic E-state index is 14.9. The second kappa shape index (κ2) is 8.56. The van der Waals surface area contributed by atoms with Crippen molar-refractivity contribution in [3.8, 4) is 5.75 Å². The number of hydrogen-bond acceptors (Lipinski definition) is 4. The van der Waals surface area contributed by atoms with E-state index in [4.69, 9.17) is 32.7 Å². The number of allylic oxidation sites excluding steroid dienone is 1. The van der Waals surface area contributed by atoms with E-state index in [1.165, 1.54) is 31.6 Å². The maximum Gasteiger partial charge on any atom is 0.209 e. The maximum atomic E-state index is 14.9. The Morgan fingerprint density at radius 2 is 2.03 bits per heavy atom. The Labute approximate surface area is 179 Å². The average Bonchev–Trinajstić information content (AvgIpc) is 3.53. The van der Waals surface area contributed by atoms with Crippen LogP contribution < -0.4 is 10.2 Å². The summed E-state index contributed by atoms with van der Waals surface area (Å²) in [6.45, 7) is 0.0109. The van der Waals surface area contributed by atoms with E-state index >= 15 is 0 Å². The van der Waals surface area contributed by atoms with Gasteiger partial charge in [-0.2, -0.15) is 0 Å². The van der Waals surface area contributed by atoms with Crippen molar-refractivity contribution in [3.05, 3.63) is 87.6 Å². The number of hydrogen-bond donors (Lipinski definition) is 1. The standard InChI is InChI=1S/C22H21Cl2FN2O2/c1-28-22-11-18(29-17-4-2-3-15(9-17)14-5-6-14)12-27(26-22)13-21(25)19-8-7-16(23)10-20(19)24/h2-4,7-12,14,21,26H,5-6,13H2,1H3. The summed E-state index contributed by atoms with van der Waals surface area (Å²) >= 11 is 12.0. The third-order valence-electron chi connectivity index (χ3n) is 4.83. The van der Waals surface area contributed by atoms with E-state index in [1.54, 1.807) is 29.4 Å². The van der Waals surface area contributed by atoms with Crippen LogP contribution in [0.2, 0.25) is 10.0 Å². The van der Waals surface area contributed by atoms with Crippen molar-refractivity contribution < 1.29 is 13.9 Å². The molecule has 0 aromatic heterocycles. The van der Waals surface area contributed by atoms with Crippen molar-refractivity contribution in [1.82, 2.24) is 10.4 Å². The number of nitrogens with zero attached hydrogens (tertiary/aromatic N) is 1. The lowest BCUT2D eigenvalue weighted by atomic mass is 10.1. The number of methoxy groups -OCH3 is 1. The highest BCUT2D eigenvalue weighted by molar-refractivity contribution is 6.35. The van der Waals surface area contributed by atoms with Gasteiger partial charge in [0.1, 0.15) is 11.9 Å². The summed E-state index contributed by atoms with van der Waals surface area (Å²) in [4.78, 5) is 0. The van der Waals surface area contributed by atoms with Crippen molar-refractivity contribution in [1.29, 1.82) is 0 Å². The van der Waals surface area contributed by atoms with E-state index in [0.29, 0.717) is 33.2 Å². The number of nitrogens with one attached hydrogen (secondary N) is 1. The van der Waals surface area contributed by atoms with Gasteiger partial charge in [0.2, 0.25) is 5.88 Å². The van der Waals surface area contributed by atoms with Crippen LogP contribution in [0.1, 0.15) is 36.1 Å². The Bertz CT molecular complexity index is 960. The largest absolute Gasteiger partial charge is 0.481 e. The van der Waals surface area contributed by atoms with Crippen LogP contribution in [0.4, 0.5) is 4.39 Å². The molecule has 1 unspecified atom stereocenters. The minimum Gasteiger partial charge on any atom is -0.481 e. The van der Waals surface area contributed by atoms with Gasteiger partial charge in [0.05, 0.1) is 19.9 Å². The summed E-state index contributed by atoms with van der Waals surface area (Å²) in [5.41, 5.74) is 4.65. The van der Waals surface area contributed by atoms with Gasteiger partial charge in [-0.3, -0.25) is 10.4 Å². The normalized spacial score (nSPS) is 17.2. The third kappa shape index (κ3) is 4.98. The van der Waals surface area contributed by atoms with Gasteiger partial charge in [-0.25, -0.2) is 4.39 Å². The fraction of sp³-hybridized carbons (Fsp3) is 0.273. The third-order valence-corrected chi connectivity index (χ3v) is 5.39. The average molecular weight is 435 g/mol. The molecule has 0 spiro atoms. The highest BCUT2D eigenvalue weighted by Gasteiger charge is 2.24. The van der Waals surface area contributed by atoms with Crippen LogP contribution in [0.25, 0.3) is 0 Å². The first-order chi connectivity index (χ1) is 14.0. The first-order valence-corrected chi connectivity index (χ1v) is 10.1. The number of ether oxygens (including phenoxy) is 2. The number of alkyl halides is 1. The zero-order valence-corrected chi connectivity index (χ0v) is 17.4. The van der Waals surface area contributed by atoms with E-state index in [1.807, 2.05) is 12.1 Å². The Morgan fingerprint density at radius 3 is 2.76 bits per heavy atom. The molecule has 152 valence electrons. The SMILES string of the molecule is COC1=CC(Oc2cccc(C3CC3)c2)=CN(CC(F)c2ccc(Cl)cc2Cl)N1. The molecular formula is C22H21Cl2FN2O2. The minimum absolute atomic E-state index is 0.0109. The molecule has 0 amide bonds. The van der Waals surface area contributed by atoms with Crippen LogP contribution >= 0.6 is 23.2 Å². The zero-order valence-electron chi connectivity index (χ0n) is 15.9. The lowest BCUT2D eigenvalue weighted by molar-refractivity contribution is 0.140. The minimum atomic E-state index is -1.33. The topological polar surface area (TPSA) is 33.7 Å². The van der Waals surface area contributed by atoms with Crippen LogP contribution in [0.5, 0.6) is 5.75 Å². The molecule has 1 fully saturated rings. The molecule has 2 aromatic rings. The Balaban J connectivity index is 1.49. The second-order valence-corrected chi connectivity index (χ2v) is 7.93. The molecule has 0 saturated heterocycles. The van der Waals surface area contributed by atoms with Crippen molar-refractivity contribution in [3.63, 3.8) is 0 Å². The molecule has 1 N–H and O–H groups in total. The van der Waals surface area contributed by atoms with Gasteiger partial charge in [0.15, 0.2) is 5.76 Å². The first-order valence-electron chi connectivity index (χ1n) is 9.39. The summed E-state index contributed by atoms with van der Waals surface area (Å²) in [6, 6.07) is 12.8. The predicted octanol–water partition coefficient (Wildman–Crippen LogP) is 6.11. The fourth-order valence-corrected chi connectivity index (χ4v) is 3.72. The van der Waals surface area contributed by atoms with E-state index in [2.05, 4.69) is 17.6 Å². The monoisotopic (exact) mass is 434 g/mol. The van der Waals surface area contributed by atoms with Gasteiger partial charge < -0.3 is 9.47 Å². The van der Waals surface area contributed by atoms with Gasteiger partial charge in [0, 0.05) is 21.7 Å². The quantitative estimate of drug-likeness (QED) is 0.569. The number of rotatable bonds is 7. The van der Waals surface area contributed by atoms with Crippen molar-refractivity contribution in [2.45, 2.75) is 24.9 Å². The second-order valence-electron chi connectivity index (χ2n) is 7.09. The van der Waals surface area contributed by atoms with Crippen molar-refractivity contribution >= 4 is 23.2 Å². The number of halogens is 3. The summed E-state index contributed by atoms with van der Waals surface area (Å²) in [7, 11) is 1.54. The molecule has 2 aromatic carbocycles. The number of benzene rings is 2. The molecule has 1 saturated carbocycles. The van der Waals surface area contributed by atoms with Crippen LogP contribution in [-0.4, -0.2) is 18.7 Å². The molecule has 0 bridgehead atoms. The molecule has 29 heavy (non-hydrogen) atoms. The molecular weight excluding hydrogens is 414 g/mol. The van der Waals surface area contributed by atoms with E-state index < -0.39 is 6.17 Å². The Morgan fingerprint density at radius 1 is 1.21 bits per heavy atom. The highest BCUT2D eigenvalue weighted by Crippen LogP contribution is 2.41. The zero-order chi connectivity index (χ0) is 20.4. The first kappa shape index (κ1) is 19.9. The van der Waals surface area contributed by atoms with E-state index in [-0.39, 0.29) is 6.54 Å². The van der Waals surface area contributed by atoms with Gasteiger partial charge in [0.25, 0.3) is 0 Å². The van der Waals surface area contributed by atoms with E-state index in [0.717, 1.165) is 5.75 Å². The van der Waals surface area contributed by atoms with Crippen LogP contribution in [0.3, 0.4) is 0 Å². The van der Waals surface area contributed by atoms with Gasteiger partial charge in [-0.1, -0.05) is 41.4 Å². The summed E-state index contributed by atoms with van der Waals surface area (Å²) < 4.78 is 26.2. The fourth-order valence-electron chi connectivity index (χ4n) is 3.20. The van der Waals surface area contributed by atoms with Crippen LogP contribution in [0, 0.1) is 0 Å². The molecule has 2 aliphatic rings. The van der Waals surface area contributed by atoms with E-state index in [9.17, 15) is 4.39 Å². The Kier molecular flexibility index (Phi) is 5.88. The smallest absolute Gasteiger partial charge is 0.209 e. The molecule has 7 heteroatoms. The van der Waals surface area contributed by atoms with Gasteiger partial charge in [-0.05, 0) is 48.6 Å².